The number of amides is 1. The van der Waals surface area contributed by atoms with E-state index < -0.39 is 0 Å². The van der Waals surface area contributed by atoms with Crippen molar-refractivity contribution >= 4 is 5.91 Å². The summed E-state index contributed by atoms with van der Waals surface area (Å²) in [5, 5.41) is 6.13. The molecule has 2 aromatic rings. The first-order valence-electron chi connectivity index (χ1n) is 6.84. The minimum Gasteiger partial charge on any atom is -0.351 e. The maximum Gasteiger partial charge on any atom is 0.234 e. The average molecular weight is 268 g/mol. The zero-order valence-corrected chi connectivity index (χ0v) is 11.7. The Labute approximate surface area is 120 Å². The van der Waals surface area contributed by atoms with Gasteiger partial charge in [-0.2, -0.15) is 0 Å². The van der Waals surface area contributed by atoms with E-state index in [1.807, 2.05) is 48.5 Å². The molecule has 0 aliphatic carbocycles. The Bertz CT molecular complexity index is 525. The van der Waals surface area contributed by atoms with Crippen molar-refractivity contribution in [3.05, 3.63) is 71.8 Å². The maximum absolute atomic E-state index is 11.8. The topological polar surface area (TPSA) is 41.1 Å². The monoisotopic (exact) mass is 268 g/mol. The van der Waals surface area contributed by atoms with Gasteiger partial charge in [0.1, 0.15) is 0 Å². The van der Waals surface area contributed by atoms with Crippen LogP contribution in [0.2, 0.25) is 0 Å². The molecule has 3 nitrogen and oxygen atoms in total. The molecule has 0 fully saturated rings. The summed E-state index contributed by atoms with van der Waals surface area (Å²) >= 11 is 0. The van der Waals surface area contributed by atoms with Gasteiger partial charge in [-0.1, -0.05) is 60.7 Å². The van der Waals surface area contributed by atoms with Gasteiger partial charge < -0.3 is 10.6 Å². The van der Waals surface area contributed by atoms with Crippen LogP contribution in [0.15, 0.2) is 60.7 Å². The lowest BCUT2D eigenvalue weighted by atomic mass is 10.1. The molecule has 0 saturated carbocycles. The Hall–Kier alpha value is -2.13. The second-order valence-electron chi connectivity index (χ2n) is 4.78. The van der Waals surface area contributed by atoms with Gasteiger partial charge >= 0.3 is 0 Å². The first-order chi connectivity index (χ1) is 9.75. The maximum atomic E-state index is 11.8. The van der Waals surface area contributed by atoms with E-state index in [1.54, 1.807) is 0 Å². The lowest BCUT2D eigenvalue weighted by molar-refractivity contribution is -0.120. The Balaban J connectivity index is 1.73. The SMILES string of the molecule is CC(NCC(=O)NCc1ccccc1)c1ccccc1. The number of benzene rings is 2. The number of hydrogen-bond donors (Lipinski definition) is 2. The predicted octanol–water partition coefficient (Wildman–Crippen LogP) is 2.65. The zero-order chi connectivity index (χ0) is 14.2. The fourth-order valence-corrected chi connectivity index (χ4v) is 1.96. The van der Waals surface area contributed by atoms with Crippen LogP contribution in [0.4, 0.5) is 0 Å². The molecule has 0 saturated heterocycles. The highest BCUT2D eigenvalue weighted by Gasteiger charge is 2.06. The highest BCUT2D eigenvalue weighted by atomic mass is 16.1. The number of carbonyl (C=O) groups is 1. The van der Waals surface area contributed by atoms with E-state index >= 15 is 0 Å². The summed E-state index contributed by atoms with van der Waals surface area (Å²) in [5.74, 6) is 0.0108. The molecule has 2 rings (SSSR count). The molecule has 0 radical (unpaired) electrons. The molecule has 0 heterocycles. The van der Waals surface area contributed by atoms with E-state index in [2.05, 4.69) is 29.7 Å². The minimum atomic E-state index is 0.0108. The molecule has 2 aromatic carbocycles. The standard InChI is InChI=1S/C17H20N2O/c1-14(16-10-6-3-7-11-16)18-13-17(20)19-12-15-8-4-2-5-9-15/h2-11,14,18H,12-13H2,1H3,(H,19,20). The Morgan fingerprint density at radius 3 is 2.25 bits per heavy atom. The lowest BCUT2D eigenvalue weighted by Gasteiger charge is -2.14. The lowest BCUT2D eigenvalue weighted by Crippen LogP contribution is -2.34. The third kappa shape index (κ3) is 4.52. The number of rotatable bonds is 6. The molecule has 1 unspecified atom stereocenters. The summed E-state index contributed by atoms with van der Waals surface area (Å²) < 4.78 is 0. The van der Waals surface area contributed by atoms with Crippen LogP contribution in [-0.4, -0.2) is 12.5 Å². The molecule has 0 spiro atoms. The normalized spacial score (nSPS) is 11.8. The first kappa shape index (κ1) is 14.3. The smallest absolute Gasteiger partial charge is 0.234 e. The van der Waals surface area contributed by atoms with E-state index in [0.29, 0.717) is 13.1 Å². The number of nitrogens with one attached hydrogen (secondary N) is 2. The largest absolute Gasteiger partial charge is 0.351 e. The van der Waals surface area contributed by atoms with Crippen LogP contribution in [0.25, 0.3) is 0 Å². The first-order valence-corrected chi connectivity index (χ1v) is 6.84. The van der Waals surface area contributed by atoms with Gasteiger partial charge in [0, 0.05) is 12.6 Å². The fourth-order valence-electron chi connectivity index (χ4n) is 1.96. The molecule has 0 aromatic heterocycles. The van der Waals surface area contributed by atoms with Crippen molar-refractivity contribution in [1.82, 2.24) is 10.6 Å². The van der Waals surface area contributed by atoms with Crippen LogP contribution in [0.1, 0.15) is 24.1 Å². The molecule has 0 aliphatic heterocycles. The second kappa shape index (κ2) is 7.46. The van der Waals surface area contributed by atoms with Crippen LogP contribution in [0.5, 0.6) is 0 Å². The summed E-state index contributed by atoms with van der Waals surface area (Å²) in [4.78, 5) is 11.8. The van der Waals surface area contributed by atoms with Crippen molar-refractivity contribution in [3.63, 3.8) is 0 Å². The quantitative estimate of drug-likeness (QED) is 0.845. The fraction of sp³-hybridized carbons (Fsp3) is 0.235. The van der Waals surface area contributed by atoms with Crippen molar-refractivity contribution in [3.8, 4) is 0 Å². The summed E-state index contributed by atoms with van der Waals surface area (Å²) in [6, 6.07) is 20.2. The molecular weight excluding hydrogens is 248 g/mol. The minimum absolute atomic E-state index is 0.0108. The Morgan fingerprint density at radius 2 is 1.60 bits per heavy atom. The van der Waals surface area contributed by atoms with Crippen molar-refractivity contribution in [2.45, 2.75) is 19.5 Å². The van der Waals surface area contributed by atoms with Gasteiger partial charge in [0.15, 0.2) is 0 Å². The van der Waals surface area contributed by atoms with Gasteiger partial charge in [-0.25, -0.2) is 0 Å². The molecule has 0 aliphatic rings. The zero-order valence-electron chi connectivity index (χ0n) is 11.7. The molecule has 3 heteroatoms. The van der Waals surface area contributed by atoms with Gasteiger partial charge in [-0.3, -0.25) is 4.79 Å². The van der Waals surface area contributed by atoms with Crippen molar-refractivity contribution in [2.75, 3.05) is 6.54 Å². The van der Waals surface area contributed by atoms with E-state index in [-0.39, 0.29) is 11.9 Å². The summed E-state index contributed by atoms with van der Waals surface area (Å²) in [7, 11) is 0. The third-order valence-electron chi connectivity index (χ3n) is 3.20. The van der Waals surface area contributed by atoms with Crippen LogP contribution in [0.3, 0.4) is 0 Å². The van der Waals surface area contributed by atoms with Gasteiger partial charge in [-0.15, -0.1) is 0 Å². The number of hydrogen-bond acceptors (Lipinski definition) is 2. The van der Waals surface area contributed by atoms with E-state index in [4.69, 9.17) is 0 Å². The molecule has 0 bridgehead atoms. The van der Waals surface area contributed by atoms with Crippen molar-refractivity contribution < 1.29 is 4.79 Å². The van der Waals surface area contributed by atoms with Gasteiger partial charge in [0.2, 0.25) is 5.91 Å². The van der Waals surface area contributed by atoms with Crippen LogP contribution in [-0.2, 0) is 11.3 Å². The average Bonchev–Trinajstić information content (AvgIpc) is 2.52. The van der Waals surface area contributed by atoms with Gasteiger partial charge in [0.05, 0.1) is 6.54 Å². The van der Waals surface area contributed by atoms with Crippen molar-refractivity contribution in [1.29, 1.82) is 0 Å². The molecule has 20 heavy (non-hydrogen) atoms. The third-order valence-corrected chi connectivity index (χ3v) is 3.20. The Morgan fingerprint density at radius 1 is 1.00 bits per heavy atom. The van der Waals surface area contributed by atoms with Crippen molar-refractivity contribution in [2.24, 2.45) is 0 Å². The Kier molecular flexibility index (Phi) is 5.33. The van der Waals surface area contributed by atoms with E-state index in [1.165, 1.54) is 5.56 Å². The summed E-state index contributed by atoms with van der Waals surface area (Å²) in [6.07, 6.45) is 0. The molecule has 104 valence electrons. The molecule has 1 atom stereocenters. The van der Waals surface area contributed by atoms with Crippen LogP contribution < -0.4 is 10.6 Å². The highest BCUT2D eigenvalue weighted by molar-refractivity contribution is 5.78. The molecule has 2 N–H and O–H groups in total. The van der Waals surface area contributed by atoms with Crippen LogP contribution in [0, 0.1) is 0 Å². The molecule has 1 amide bonds. The van der Waals surface area contributed by atoms with E-state index in [9.17, 15) is 4.79 Å². The highest BCUT2D eigenvalue weighted by Crippen LogP contribution is 2.10. The number of carbonyl (C=O) groups excluding carboxylic acids is 1. The summed E-state index contributed by atoms with van der Waals surface area (Å²) in [6.45, 7) is 2.95. The van der Waals surface area contributed by atoms with Crippen LogP contribution >= 0.6 is 0 Å². The summed E-state index contributed by atoms with van der Waals surface area (Å²) in [5.41, 5.74) is 2.29. The van der Waals surface area contributed by atoms with Gasteiger partial charge in [0.25, 0.3) is 0 Å². The van der Waals surface area contributed by atoms with Gasteiger partial charge in [-0.05, 0) is 18.1 Å². The predicted molar refractivity (Wildman–Crippen MR) is 81.1 cm³/mol. The molecular formula is C17H20N2O. The second-order valence-corrected chi connectivity index (χ2v) is 4.78. The van der Waals surface area contributed by atoms with E-state index in [0.717, 1.165) is 5.56 Å².